The molecule has 2 rings (SSSR count). The molecule has 1 saturated heterocycles. The molecule has 1 aliphatic heterocycles. The highest BCUT2D eigenvalue weighted by atomic mass is 32.2. The Labute approximate surface area is 143 Å². The Bertz CT molecular complexity index is 767. The second-order valence-corrected chi connectivity index (χ2v) is 8.08. The molecule has 0 aromatic heterocycles. The third-order valence-corrected chi connectivity index (χ3v) is 5.17. The van der Waals surface area contributed by atoms with Gasteiger partial charge in [-0.2, -0.15) is 13.2 Å². The van der Waals surface area contributed by atoms with Gasteiger partial charge in [-0.25, -0.2) is 8.42 Å². The van der Waals surface area contributed by atoms with Gasteiger partial charge >= 0.3 is 6.18 Å². The van der Waals surface area contributed by atoms with Crippen LogP contribution in [0.5, 0.6) is 0 Å². The van der Waals surface area contributed by atoms with Crippen molar-refractivity contribution in [2.24, 2.45) is 0 Å². The molecule has 1 unspecified atom stereocenters. The summed E-state index contributed by atoms with van der Waals surface area (Å²) in [5.74, 6) is 0. The molecule has 0 aliphatic carbocycles. The number of hydrogen-bond acceptors (Lipinski definition) is 6. The fourth-order valence-corrected chi connectivity index (χ4v) is 3.47. The van der Waals surface area contributed by atoms with E-state index in [1.807, 2.05) is 0 Å². The van der Waals surface area contributed by atoms with E-state index in [0.717, 1.165) is 12.3 Å². The number of benzene rings is 1. The average molecular weight is 381 g/mol. The van der Waals surface area contributed by atoms with Crippen LogP contribution in [-0.4, -0.2) is 62.9 Å². The van der Waals surface area contributed by atoms with Gasteiger partial charge in [-0.1, -0.05) is 0 Å². The van der Waals surface area contributed by atoms with E-state index in [0.29, 0.717) is 0 Å². The van der Waals surface area contributed by atoms with Crippen molar-refractivity contribution in [1.82, 2.24) is 4.90 Å². The molecule has 0 spiro atoms. The maximum Gasteiger partial charge on any atom is 0.401 e. The van der Waals surface area contributed by atoms with Crippen LogP contribution in [0, 0.1) is 10.1 Å². The van der Waals surface area contributed by atoms with Gasteiger partial charge in [0.2, 0.25) is 0 Å². The van der Waals surface area contributed by atoms with Crippen molar-refractivity contribution < 1.29 is 26.5 Å². The van der Waals surface area contributed by atoms with Gasteiger partial charge < -0.3 is 4.90 Å². The second kappa shape index (κ2) is 6.79. The lowest BCUT2D eigenvalue weighted by atomic mass is 10.1. The van der Waals surface area contributed by atoms with E-state index in [4.69, 9.17) is 0 Å². The number of nitro groups is 1. The molecular formula is C14H18F3N3O4S. The molecule has 0 amide bonds. The minimum absolute atomic E-state index is 0.103. The molecule has 25 heavy (non-hydrogen) atoms. The van der Waals surface area contributed by atoms with Crippen LogP contribution in [0.4, 0.5) is 24.5 Å². The van der Waals surface area contributed by atoms with E-state index in [1.54, 1.807) is 11.8 Å². The molecule has 1 aromatic rings. The number of rotatable bonds is 4. The third kappa shape index (κ3) is 4.82. The molecule has 0 N–H and O–H groups in total. The summed E-state index contributed by atoms with van der Waals surface area (Å²) in [5, 5.41) is 11.3. The molecule has 1 aromatic carbocycles. The molecule has 7 nitrogen and oxygen atoms in total. The van der Waals surface area contributed by atoms with Crippen molar-refractivity contribution >= 4 is 21.2 Å². The van der Waals surface area contributed by atoms with Gasteiger partial charge in [0.1, 0.15) is 5.69 Å². The Kier molecular flexibility index (Phi) is 5.28. The van der Waals surface area contributed by atoms with Gasteiger partial charge in [0, 0.05) is 38.0 Å². The number of nitro benzene ring substituents is 1. The minimum atomic E-state index is -4.31. The molecule has 1 heterocycles. The van der Waals surface area contributed by atoms with E-state index in [2.05, 4.69) is 0 Å². The molecule has 11 heteroatoms. The quantitative estimate of drug-likeness (QED) is 0.587. The van der Waals surface area contributed by atoms with E-state index < -0.39 is 33.5 Å². The zero-order valence-corrected chi connectivity index (χ0v) is 14.5. The van der Waals surface area contributed by atoms with Crippen LogP contribution in [-0.2, 0) is 9.84 Å². The van der Waals surface area contributed by atoms with Crippen LogP contribution < -0.4 is 4.90 Å². The largest absolute Gasteiger partial charge is 0.401 e. The lowest BCUT2D eigenvalue weighted by molar-refractivity contribution is -0.384. The normalized spacial score (nSPS) is 19.9. The highest BCUT2D eigenvalue weighted by Crippen LogP contribution is 2.32. The third-order valence-electron chi connectivity index (χ3n) is 4.06. The van der Waals surface area contributed by atoms with Gasteiger partial charge in [0.15, 0.2) is 9.84 Å². The molecular weight excluding hydrogens is 363 g/mol. The fourth-order valence-electron chi connectivity index (χ4n) is 2.83. The Morgan fingerprint density at radius 1 is 1.32 bits per heavy atom. The Balaban J connectivity index is 2.27. The highest BCUT2D eigenvalue weighted by Gasteiger charge is 2.36. The van der Waals surface area contributed by atoms with Crippen LogP contribution in [0.25, 0.3) is 0 Å². The Hall–Kier alpha value is -1.88. The number of piperazine rings is 1. The minimum Gasteiger partial charge on any atom is -0.363 e. The van der Waals surface area contributed by atoms with Gasteiger partial charge in [0.05, 0.1) is 16.4 Å². The van der Waals surface area contributed by atoms with Crippen molar-refractivity contribution in [2.75, 3.05) is 37.3 Å². The maximum atomic E-state index is 12.6. The van der Waals surface area contributed by atoms with Crippen molar-refractivity contribution in [3.8, 4) is 0 Å². The van der Waals surface area contributed by atoms with Gasteiger partial charge in [0.25, 0.3) is 5.69 Å². The van der Waals surface area contributed by atoms with E-state index >= 15 is 0 Å². The zero-order chi connectivity index (χ0) is 19.0. The van der Waals surface area contributed by atoms with Gasteiger partial charge in [-0.05, 0) is 19.1 Å². The lowest BCUT2D eigenvalue weighted by Crippen LogP contribution is -2.54. The monoisotopic (exact) mass is 381 g/mol. The summed E-state index contributed by atoms with van der Waals surface area (Å²) >= 11 is 0. The summed E-state index contributed by atoms with van der Waals surface area (Å²) < 4.78 is 60.8. The standard InChI is InChI=1S/C14H18F3N3O4S/c1-10-8-18(5-6-19(10)9-14(15,16)17)12-4-3-11(25(2,23)24)7-13(12)20(21)22/h3-4,7,10H,5-6,8-9H2,1-2H3. The molecule has 1 atom stereocenters. The average Bonchev–Trinajstić information content (AvgIpc) is 2.46. The molecule has 0 saturated carbocycles. The summed E-state index contributed by atoms with van der Waals surface area (Å²) in [6.07, 6.45) is -3.36. The summed E-state index contributed by atoms with van der Waals surface area (Å²) in [6, 6.07) is 3.13. The van der Waals surface area contributed by atoms with Crippen LogP contribution in [0.1, 0.15) is 6.92 Å². The number of alkyl halides is 3. The maximum absolute atomic E-state index is 12.6. The first-order valence-corrected chi connectivity index (χ1v) is 9.32. The van der Waals surface area contributed by atoms with E-state index in [-0.39, 0.29) is 35.9 Å². The number of halogens is 3. The van der Waals surface area contributed by atoms with Crippen LogP contribution in [0.15, 0.2) is 23.1 Å². The number of nitrogens with zero attached hydrogens (tertiary/aromatic N) is 3. The first kappa shape index (κ1) is 19.4. The molecule has 0 bridgehead atoms. The summed E-state index contributed by atoms with van der Waals surface area (Å²) in [4.78, 5) is 13.3. The first-order chi connectivity index (χ1) is 11.4. The lowest BCUT2D eigenvalue weighted by Gasteiger charge is -2.40. The molecule has 0 radical (unpaired) electrons. The smallest absolute Gasteiger partial charge is 0.363 e. The van der Waals surface area contributed by atoms with E-state index in [1.165, 1.54) is 17.0 Å². The topological polar surface area (TPSA) is 83.8 Å². The molecule has 1 aliphatic rings. The summed E-state index contributed by atoms with van der Waals surface area (Å²) in [7, 11) is -3.60. The zero-order valence-electron chi connectivity index (χ0n) is 13.7. The highest BCUT2D eigenvalue weighted by molar-refractivity contribution is 7.90. The predicted octanol–water partition coefficient (Wildman–Crippen LogP) is 2.07. The number of hydrogen-bond donors (Lipinski definition) is 0. The Morgan fingerprint density at radius 2 is 1.96 bits per heavy atom. The van der Waals surface area contributed by atoms with Crippen molar-refractivity contribution in [3.63, 3.8) is 0 Å². The second-order valence-electron chi connectivity index (χ2n) is 6.06. The van der Waals surface area contributed by atoms with Crippen LogP contribution >= 0.6 is 0 Å². The van der Waals surface area contributed by atoms with Crippen molar-refractivity contribution in [1.29, 1.82) is 0 Å². The predicted molar refractivity (Wildman–Crippen MR) is 85.5 cm³/mol. The van der Waals surface area contributed by atoms with E-state index in [9.17, 15) is 31.7 Å². The number of sulfone groups is 1. The Morgan fingerprint density at radius 3 is 2.44 bits per heavy atom. The summed E-state index contributed by atoms with van der Waals surface area (Å²) in [5.41, 5.74) is -0.171. The first-order valence-electron chi connectivity index (χ1n) is 7.43. The van der Waals surface area contributed by atoms with Crippen molar-refractivity contribution in [3.05, 3.63) is 28.3 Å². The van der Waals surface area contributed by atoms with Crippen LogP contribution in [0.3, 0.4) is 0 Å². The fraction of sp³-hybridized carbons (Fsp3) is 0.571. The molecule has 1 fully saturated rings. The SMILES string of the molecule is CC1CN(c2ccc(S(C)(=O)=O)cc2[N+](=O)[O-])CCN1CC(F)(F)F. The van der Waals surface area contributed by atoms with Crippen LogP contribution in [0.2, 0.25) is 0 Å². The van der Waals surface area contributed by atoms with Gasteiger partial charge in [-0.15, -0.1) is 0 Å². The summed E-state index contributed by atoms with van der Waals surface area (Å²) in [6.45, 7) is 1.05. The number of anilines is 1. The molecule has 140 valence electrons. The van der Waals surface area contributed by atoms with Gasteiger partial charge in [-0.3, -0.25) is 15.0 Å². The van der Waals surface area contributed by atoms with Crippen molar-refractivity contribution in [2.45, 2.75) is 24.0 Å².